The molecule has 3 nitrogen and oxygen atoms in total. The van der Waals surface area contributed by atoms with Crippen LogP contribution in [0.15, 0.2) is 22.0 Å². The number of halogens is 1. The Labute approximate surface area is 92.6 Å². The van der Waals surface area contributed by atoms with Crippen molar-refractivity contribution in [1.29, 1.82) is 0 Å². The summed E-state index contributed by atoms with van der Waals surface area (Å²) in [6, 6.07) is 3.80. The van der Waals surface area contributed by atoms with Crippen LogP contribution in [0.3, 0.4) is 0 Å². The number of thiophene rings is 1. The molecule has 2 rings (SSSR count). The van der Waals surface area contributed by atoms with Crippen LogP contribution < -0.4 is 0 Å². The summed E-state index contributed by atoms with van der Waals surface area (Å²) < 4.78 is 1.52. The molecule has 1 aromatic heterocycles. The Morgan fingerprint density at radius 3 is 2.93 bits per heavy atom. The lowest BCUT2D eigenvalue weighted by Crippen LogP contribution is -1.92. The average Bonchev–Trinajstić information content (AvgIpc) is 2.50. The summed E-state index contributed by atoms with van der Waals surface area (Å²) in [4.78, 5) is 10.4. The molecule has 0 fully saturated rings. The third-order valence-electron chi connectivity index (χ3n) is 2.03. The molecular weight excluding hydrogens is 266 g/mol. The Bertz CT molecular complexity index is 521. The van der Waals surface area contributed by atoms with Crippen LogP contribution in [0.5, 0.6) is 0 Å². The summed E-state index contributed by atoms with van der Waals surface area (Å²) in [5, 5.41) is 13.8. The largest absolute Gasteiger partial charge is 0.287 e. The lowest BCUT2D eigenvalue weighted by Gasteiger charge is -2.00. The first-order valence-electron chi connectivity index (χ1n) is 3.92. The molecule has 0 unspecified atom stereocenters. The Morgan fingerprint density at radius 2 is 2.29 bits per heavy atom. The number of nitrogens with zero attached hydrogens (tertiary/aromatic N) is 1. The maximum atomic E-state index is 10.8. The first-order chi connectivity index (χ1) is 6.61. The van der Waals surface area contributed by atoms with Crippen LogP contribution in [0.4, 0.5) is 5.69 Å². The molecule has 72 valence electrons. The van der Waals surface area contributed by atoms with Gasteiger partial charge in [0.15, 0.2) is 0 Å². The zero-order chi connectivity index (χ0) is 10.3. The SMILES string of the molecule is Cc1cc2ccsc2c(Br)c1[N+](=O)[O-]. The van der Waals surface area contributed by atoms with Crippen molar-refractivity contribution in [3.8, 4) is 0 Å². The number of rotatable bonds is 1. The maximum Gasteiger partial charge on any atom is 0.287 e. The van der Waals surface area contributed by atoms with E-state index in [2.05, 4.69) is 15.9 Å². The van der Waals surface area contributed by atoms with Gasteiger partial charge in [0.1, 0.15) is 4.47 Å². The molecule has 0 saturated carbocycles. The first kappa shape index (κ1) is 9.61. The van der Waals surface area contributed by atoms with Gasteiger partial charge in [-0.3, -0.25) is 10.1 Å². The van der Waals surface area contributed by atoms with Gasteiger partial charge in [-0.05, 0) is 45.8 Å². The number of hydrogen-bond donors (Lipinski definition) is 0. The predicted molar refractivity (Wildman–Crippen MR) is 60.9 cm³/mol. The van der Waals surface area contributed by atoms with Gasteiger partial charge >= 0.3 is 0 Å². The molecule has 0 aliphatic rings. The van der Waals surface area contributed by atoms with Crippen LogP contribution in [0.2, 0.25) is 0 Å². The molecule has 0 aliphatic heterocycles. The molecule has 0 aliphatic carbocycles. The Morgan fingerprint density at radius 1 is 1.57 bits per heavy atom. The number of nitro groups is 1. The number of fused-ring (bicyclic) bond motifs is 1. The maximum absolute atomic E-state index is 10.8. The summed E-state index contributed by atoms with van der Waals surface area (Å²) in [6.45, 7) is 1.75. The summed E-state index contributed by atoms with van der Waals surface area (Å²) in [5.41, 5.74) is 0.854. The standard InChI is InChI=1S/C9H6BrNO2S/c1-5-4-6-2-3-14-9(6)7(10)8(5)11(12)13/h2-4H,1H3. The van der Waals surface area contributed by atoms with E-state index in [0.29, 0.717) is 10.0 Å². The third kappa shape index (κ3) is 1.33. The van der Waals surface area contributed by atoms with E-state index in [0.717, 1.165) is 10.1 Å². The zero-order valence-corrected chi connectivity index (χ0v) is 9.68. The lowest BCUT2D eigenvalue weighted by atomic mass is 10.1. The van der Waals surface area contributed by atoms with Crippen molar-refractivity contribution in [2.75, 3.05) is 0 Å². The van der Waals surface area contributed by atoms with Crippen LogP contribution in [-0.4, -0.2) is 4.92 Å². The second kappa shape index (κ2) is 3.33. The predicted octanol–water partition coefficient (Wildman–Crippen LogP) is 3.88. The smallest absolute Gasteiger partial charge is 0.258 e. The van der Waals surface area contributed by atoms with Gasteiger partial charge in [0.2, 0.25) is 0 Å². The molecule has 0 N–H and O–H groups in total. The fourth-order valence-corrected chi connectivity index (χ4v) is 3.20. The van der Waals surface area contributed by atoms with Gasteiger partial charge in [-0.1, -0.05) is 0 Å². The molecule has 2 aromatic rings. The molecule has 0 amide bonds. The minimum atomic E-state index is -0.349. The van der Waals surface area contributed by atoms with Gasteiger partial charge < -0.3 is 0 Å². The van der Waals surface area contributed by atoms with E-state index < -0.39 is 0 Å². The Balaban J connectivity index is 2.89. The van der Waals surface area contributed by atoms with Crippen molar-refractivity contribution < 1.29 is 4.92 Å². The van der Waals surface area contributed by atoms with Crippen LogP contribution in [0.25, 0.3) is 10.1 Å². The monoisotopic (exact) mass is 271 g/mol. The summed E-state index contributed by atoms with van der Waals surface area (Å²) in [7, 11) is 0. The minimum absolute atomic E-state index is 0.167. The Kier molecular flexibility index (Phi) is 2.28. The topological polar surface area (TPSA) is 43.1 Å². The van der Waals surface area contributed by atoms with Crippen molar-refractivity contribution in [1.82, 2.24) is 0 Å². The van der Waals surface area contributed by atoms with Crippen molar-refractivity contribution >= 4 is 43.0 Å². The molecule has 14 heavy (non-hydrogen) atoms. The van der Waals surface area contributed by atoms with Crippen LogP contribution in [0.1, 0.15) is 5.56 Å². The molecule has 0 saturated heterocycles. The second-order valence-corrected chi connectivity index (χ2v) is 4.66. The highest BCUT2D eigenvalue weighted by Crippen LogP contribution is 2.38. The zero-order valence-electron chi connectivity index (χ0n) is 7.28. The van der Waals surface area contributed by atoms with E-state index >= 15 is 0 Å². The summed E-state index contributed by atoms with van der Waals surface area (Å²) in [6.07, 6.45) is 0. The summed E-state index contributed by atoms with van der Waals surface area (Å²) >= 11 is 4.78. The molecule has 0 bridgehead atoms. The average molecular weight is 272 g/mol. The van der Waals surface area contributed by atoms with E-state index in [1.165, 1.54) is 11.3 Å². The molecule has 0 atom stereocenters. The van der Waals surface area contributed by atoms with Crippen molar-refractivity contribution in [3.05, 3.63) is 37.7 Å². The van der Waals surface area contributed by atoms with Crippen LogP contribution in [-0.2, 0) is 0 Å². The molecule has 1 heterocycles. The van der Waals surface area contributed by atoms with E-state index in [9.17, 15) is 10.1 Å². The van der Waals surface area contributed by atoms with Crippen LogP contribution >= 0.6 is 27.3 Å². The van der Waals surface area contributed by atoms with Gasteiger partial charge in [-0.25, -0.2) is 0 Å². The fraction of sp³-hybridized carbons (Fsp3) is 0.111. The fourth-order valence-electron chi connectivity index (χ4n) is 1.42. The van der Waals surface area contributed by atoms with E-state index in [4.69, 9.17) is 0 Å². The second-order valence-electron chi connectivity index (χ2n) is 2.95. The van der Waals surface area contributed by atoms with Crippen LogP contribution in [0, 0.1) is 17.0 Å². The minimum Gasteiger partial charge on any atom is -0.258 e. The van der Waals surface area contributed by atoms with E-state index in [1.807, 2.05) is 17.5 Å². The van der Waals surface area contributed by atoms with Gasteiger partial charge in [0.05, 0.1) is 9.62 Å². The summed E-state index contributed by atoms with van der Waals surface area (Å²) in [5.74, 6) is 0. The van der Waals surface area contributed by atoms with Crippen molar-refractivity contribution in [2.24, 2.45) is 0 Å². The van der Waals surface area contributed by atoms with Gasteiger partial charge in [-0.2, -0.15) is 0 Å². The highest BCUT2D eigenvalue weighted by atomic mass is 79.9. The van der Waals surface area contributed by atoms with Gasteiger partial charge in [0, 0.05) is 5.56 Å². The molecule has 0 spiro atoms. The van der Waals surface area contributed by atoms with Crippen molar-refractivity contribution in [3.63, 3.8) is 0 Å². The highest BCUT2D eigenvalue weighted by Gasteiger charge is 2.19. The number of benzene rings is 1. The third-order valence-corrected chi connectivity index (χ3v) is 4.01. The number of nitro benzene ring substituents is 1. The molecule has 5 heteroatoms. The number of aryl methyl sites for hydroxylation is 1. The molecule has 1 aromatic carbocycles. The quantitative estimate of drug-likeness (QED) is 0.584. The van der Waals surface area contributed by atoms with E-state index in [-0.39, 0.29) is 10.6 Å². The van der Waals surface area contributed by atoms with Gasteiger partial charge in [0.25, 0.3) is 5.69 Å². The first-order valence-corrected chi connectivity index (χ1v) is 5.59. The van der Waals surface area contributed by atoms with E-state index in [1.54, 1.807) is 6.92 Å². The number of hydrogen-bond acceptors (Lipinski definition) is 3. The lowest BCUT2D eigenvalue weighted by molar-refractivity contribution is -0.386. The highest BCUT2D eigenvalue weighted by molar-refractivity contribution is 9.10. The Hall–Kier alpha value is -0.940. The molecule has 0 radical (unpaired) electrons. The normalized spacial score (nSPS) is 10.7. The molecular formula is C9H6BrNO2S. The van der Waals surface area contributed by atoms with Gasteiger partial charge in [-0.15, -0.1) is 11.3 Å². The van der Waals surface area contributed by atoms with Crippen molar-refractivity contribution in [2.45, 2.75) is 6.92 Å².